The Morgan fingerprint density at radius 3 is 1.08 bits per heavy atom. The monoisotopic (exact) mass is 356 g/mol. The van der Waals surface area contributed by atoms with Crippen LogP contribution in [-0.4, -0.2) is 0 Å². The molecule has 0 unspecified atom stereocenters. The highest BCUT2D eigenvalue weighted by Crippen LogP contribution is 2.44. The van der Waals surface area contributed by atoms with Gasteiger partial charge in [-0.15, -0.1) is 0 Å². The fourth-order valence-electron chi connectivity index (χ4n) is 3.41. The van der Waals surface area contributed by atoms with Gasteiger partial charge in [-0.05, 0) is 24.0 Å². The molecule has 0 saturated heterocycles. The molecule has 2 aromatic carbocycles. The molecule has 148 valence electrons. The SMILES string of the molecule is CC.CC.CC.CC.c1ccc(C2(c3ccccc3)CCCCC2)cc1. The molecule has 0 amide bonds. The fraction of sp³-hybridized carbons (Fsp3) is 0.538. The topological polar surface area (TPSA) is 0 Å². The third kappa shape index (κ3) is 7.77. The standard InChI is InChI=1S/C18H20.4C2H6/c1-4-10-16(11-5-1)18(14-8-3-9-15-18)17-12-6-2-7-13-17;4*1-2/h1-2,4-7,10-13H,3,8-9,14-15H2;4*1-2H3. The van der Waals surface area contributed by atoms with Crippen LogP contribution >= 0.6 is 0 Å². The minimum atomic E-state index is 0.265. The first-order valence-corrected chi connectivity index (χ1v) is 11.0. The zero-order chi connectivity index (χ0) is 20.3. The molecule has 26 heavy (non-hydrogen) atoms. The second kappa shape index (κ2) is 18.2. The van der Waals surface area contributed by atoms with E-state index < -0.39 is 0 Å². The summed E-state index contributed by atoms with van der Waals surface area (Å²) >= 11 is 0. The second-order valence-corrected chi connectivity index (χ2v) is 5.37. The van der Waals surface area contributed by atoms with Gasteiger partial charge >= 0.3 is 0 Å². The highest BCUT2D eigenvalue weighted by Gasteiger charge is 2.35. The molecular weight excluding hydrogens is 312 g/mol. The van der Waals surface area contributed by atoms with Gasteiger partial charge in [0.25, 0.3) is 0 Å². The van der Waals surface area contributed by atoms with Gasteiger partial charge < -0.3 is 0 Å². The lowest BCUT2D eigenvalue weighted by Gasteiger charge is -2.38. The molecule has 1 saturated carbocycles. The van der Waals surface area contributed by atoms with E-state index in [2.05, 4.69) is 60.7 Å². The quantitative estimate of drug-likeness (QED) is 0.503. The normalized spacial score (nSPS) is 13.7. The maximum absolute atomic E-state index is 2.30. The predicted molar refractivity (Wildman–Crippen MR) is 122 cm³/mol. The van der Waals surface area contributed by atoms with E-state index in [0.29, 0.717) is 0 Å². The van der Waals surface area contributed by atoms with Crippen LogP contribution in [0.5, 0.6) is 0 Å². The van der Waals surface area contributed by atoms with Gasteiger partial charge in [-0.2, -0.15) is 0 Å². The lowest BCUT2D eigenvalue weighted by molar-refractivity contribution is 0.346. The lowest BCUT2D eigenvalue weighted by atomic mass is 9.65. The van der Waals surface area contributed by atoms with Gasteiger partial charge in [0.15, 0.2) is 0 Å². The van der Waals surface area contributed by atoms with Gasteiger partial charge in [-0.25, -0.2) is 0 Å². The summed E-state index contributed by atoms with van der Waals surface area (Å²) in [6.45, 7) is 16.0. The molecule has 1 aliphatic rings. The van der Waals surface area contributed by atoms with Crippen molar-refractivity contribution < 1.29 is 0 Å². The molecule has 2 aromatic rings. The van der Waals surface area contributed by atoms with E-state index in [1.165, 1.54) is 43.2 Å². The van der Waals surface area contributed by atoms with Gasteiger partial charge in [0, 0.05) is 5.41 Å². The molecule has 1 aliphatic carbocycles. The average molecular weight is 357 g/mol. The van der Waals surface area contributed by atoms with Crippen molar-refractivity contribution in [3.05, 3.63) is 71.8 Å². The summed E-state index contributed by atoms with van der Waals surface area (Å²) in [5.41, 5.74) is 3.26. The van der Waals surface area contributed by atoms with Crippen molar-refractivity contribution in [1.29, 1.82) is 0 Å². The van der Waals surface area contributed by atoms with Crippen molar-refractivity contribution in [2.24, 2.45) is 0 Å². The summed E-state index contributed by atoms with van der Waals surface area (Å²) in [7, 11) is 0. The first kappa shape index (κ1) is 26.7. The number of rotatable bonds is 2. The molecule has 0 spiro atoms. The summed E-state index contributed by atoms with van der Waals surface area (Å²) in [5.74, 6) is 0. The van der Waals surface area contributed by atoms with Crippen LogP contribution in [0.1, 0.15) is 98.6 Å². The van der Waals surface area contributed by atoms with Gasteiger partial charge in [0.1, 0.15) is 0 Å². The minimum absolute atomic E-state index is 0.265. The van der Waals surface area contributed by atoms with Crippen LogP contribution in [0.2, 0.25) is 0 Å². The Morgan fingerprint density at radius 1 is 0.462 bits per heavy atom. The van der Waals surface area contributed by atoms with E-state index in [0.717, 1.165) is 0 Å². The predicted octanol–water partition coefficient (Wildman–Crippen LogP) is 9.04. The highest BCUT2D eigenvalue weighted by atomic mass is 14.4. The zero-order valence-electron chi connectivity index (χ0n) is 18.8. The molecule has 0 atom stereocenters. The molecule has 0 heterocycles. The summed E-state index contributed by atoms with van der Waals surface area (Å²) in [6.07, 6.45) is 6.68. The van der Waals surface area contributed by atoms with Crippen molar-refractivity contribution in [2.45, 2.75) is 92.9 Å². The smallest absolute Gasteiger partial charge is 0.0202 e. The molecule has 0 aromatic heterocycles. The lowest BCUT2D eigenvalue weighted by Crippen LogP contribution is -2.30. The minimum Gasteiger partial charge on any atom is -0.0683 e. The summed E-state index contributed by atoms with van der Waals surface area (Å²) in [6, 6.07) is 22.1. The van der Waals surface area contributed by atoms with Crippen LogP contribution in [0.3, 0.4) is 0 Å². The van der Waals surface area contributed by atoms with E-state index in [1.54, 1.807) is 0 Å². The first-order valence-electron chi connectivity index (χ1n) is 11.0. The Kier molecular flexibility index (Phi) is 18.7. The molecule has 0 heteroatoms. The molecule has 1 fully saturated rings. The van der Waals surface area contributed by atoms with E-state index in [1.807, 2.05) is 55.4 Å². The maximum Gasteiger partial charge on any atom is 0.0202 e. The molecule has 0 radical (unpaired) electrons. The highest BCUT2D eigenvalue weighted by molar-refractivity contribution is 5.39. The van der Waals surface area contributed by atoms with Crippen LogP contribution in [0.15, 0.2) is 60.7 Å². The molecular formula is C26H44. The van der Waals surface area contributed by atoms with Crippen molar-refractivity contribution in [3.8, 4) is 0 Å². The molecule has 0 bridgehead atoms. The van der Waals surface area contributed by atoms with Crippen LogP contribution in [-0.2, 0) is 5.41 Å². The summed E-state index contributed by atoms with van der Waals surface area (Å²) in [5, 5.41) is 0. The molecule has 3 rings (SSSR count). The fourth-order valence-corrected chi connectivity index (χ4v) is 3.41. The zero-order valence-corrected chi connectivity index (χ0v) is 18.8. The van der Waals surface area contributed by atoms with E-state index >= 15 is 0 Å². The van der Waals surface area contributed by atoms with Crippen LogP contribution in [0, 0.1) is 0 Å². The van der Waals surface area contributed by atoms with E-state index in [9.17, 15) is 0 Å². The number of hydrogen-bond acceptors (Lipinski definition) is 0. The van der Waals surface area contributed by atoms with Gasteiger partial charge in [-0.1, -0.05) is 135 Å². The van der Waals surface area contributed by atoms with Crippen molar-refractivity contribution in [3.63, 3.8) is 0 Å². The Bertz CT molecular complexity index is 436. The van der Waals surface area contributed by atoms with Gasteiger partial charge in [0.2, 0.25) is 0 Å². The summed E-state index contributed by atoms with van der Waals surface area (Å²) in [4.78, 5) is 0. The number of hydrogen-bond donors (Lipinski definition) is 0. The Morgan fingerprint density at radius 2 is 0.769 bits per heavy atom. The largest absolute Gasteiger partial charge is 0.0683 e. The van der Waals surface area contributed by atoms with Crippen molar-refractivity contribution in [2.75, 3.05) is 0 Å². The second-order valence-electron chi connectivity index (χ2n) is 5.37. The average Bonchev–Trinajstić information content (AvgIpc) is 2.81. The molecule has 0 N–H and O–H groups in total. The van der Waals surface area contributed by atoms with Crippen LogP contribution < -0.4 is 0 Å². The van der Waals surface area contributed by atoms with Gasteiger partial charge in [-0.3, -0.25) is 0 Å². The number of benzene rings is 2. The van der Waals surface area contributed by atoms with Crippen molar-refractivity contribution >= 4 is 0 Å². The third-order valence-corrected chi connectivity index (χ3v) is 4.36. The summed E-state index contributed by atoms with van der Waals surface area (Å²) < 4.78 is 0. The van der Waals surface area contributed by atoms with E-state index in [-0.39, 0.29) is 5.41 Å². The van der Waals surface area contributed by atoms with Gasteiger partial charge in [0.05, 0.1) is 0 Å². The van der Waals surface area contributed by atoms with E-state index in [4.69, 9.17) is 0 Å². The third-order valence-electron chi connectivity index (χ3n) is 4.36. The van der Waals surface area contributed by atoms with Crippen molar-refractivity contribution in [1.82, 2.24) is 0 Å². The first-order chi connectivity index (χ1) is 12.9. The van der Waals surface area contributed by atoms with Crippen LogP contribution in [0.4, 0.5) is 0 Å². The maximum atomic E-state index is 2.30. The Balaban J connectivity index is 0. The molecule has 0 aliphatic heterocycles. The Hall–Kier alpha value is -1.56. The molecule has 0 nitrogen and oxygen atoms in total. The van der Waals surface area contributed by atoms with Crippen LogP contribution in [0.25, 0.3) is 0 Å². The Labute approximate surface area is 165 Å².